The van der Waals surface area contributed by atoms with Crippen molar-refractivity contribution in [3.8, 4) is 11.3 Å². The molecule has 7 heteroatoms. The minimum Gasteiger partial charge on any atom is -0.399 e. The zero-order valence-corrected chi connectivity index (χ0v) is 14.6. The fraction of sp³-hybridized carbons (Fsp3) is 0.316. The van der Waals surface area contributed by atoms with Gasteiger partial charge in [0.25, 0.3) is 5.91 Å². The molecular formula is C19H22N4O3. The van der Waals surface area contributed by atoms with Gasteiger partial charge in [0.05, 0.1) is 18.4 Å². The summed E-state index contributed by atoms with van der Waals surface area (Å²) in [5, 5.41) is 2.86. The zero-order valence-electron chi connectivity index (χ0n) is 14.6. The number of ether oxygens (including phenoxy) is 1. The Morgan fingerprint density at radius 1 is 1.31 bits per heavy atom. The molecule has 1 aromatic heterocycles. The van der Waals surface area contributed by atoms with Crippen LogP contribution in [0.1, 0.15) is 17.3 Å². The van der Waals surface area contributed by atoms with Crippen molar-refractivity contribution in [1.82, 2.24) is 15.2 Å². The number of carbonyl (C=O) groups is 2. The number of rotatable bonds is 4. The molecule has 0 aliphatic carbocycles. The summed E-state index contributed by atoms with van der Waals surface area (Å²) < 4.78 is 5.60. The van der Waals surface area contributed by atoms with E-state index in [-0.39, 0.29) is 17.9 Å². The lowest BCUT2D eigenvalue weighted by molar-refractivity contribution is -0.136. The minimum atomic E-state index is -0.188. The molecule has 0 saturated carbocycles. The van der Waals surface area contributed by atoms with Crippen molar-refractivity contribution in [2.75, 3.05) is 32.0 Å². The first-order valence-corrected chi connectivity index (χ1v) is 8.50. The van der Waals surface area contributed by atoms with Gasteiger partial charge in [0.2, 0.25) is 5.91 Å². The van der Waals surface area contributed by atoms with E-state index in [0.717, 1.165) is 11.3 Å². The number of morpholine rings is 1. The molecule has 136 valence electrons. The molecule has 1 saturated heterocycles. The predicted octanol–water partition coefficient (Wildman–Crippen LogP) is 1.31. The van der Waals surface area contributed by atoms with Crippen LogP contribution >= 0.6 is 0 Å². The number of aromatic nitrogens is 1. The smallest absolute Gasteiger partial charge is 0.251 e. The van der Waals surface area contributed by atoms with Crippen LogP contribution < -0.4 is 11.1 Å². The Morgan fingerprint density at radius 3 is 2.77 bits per heavy atom. The molecule has 0 radical (unpaired) electrons. The van der Waals surface area contributed by atoms with Crippen LogP contribution in [-0.2, 0) is 9.53 Å². The van der Waals surface area contributed by atoms with Crippen molar-refractivity contribution in [2.45, 2.75) is 13.0 Å². The quantitative estimate of drug-likeness (QED) is 0.863. The van der Waals surface area contributed by atoms with E-state index in [1.807, 2.05) is 12.1 Å². The molecule has 26 heavy (non-hydrogen) atoms. The third kappa shape index (κ3) is 4.37. The van der Waals surface area contributed by atoms with Gasteiger partial charge in [-0.2, -0.15) is 0 Å². The molecule has 1 fully saturated rings. The number of benzene rings is 1. The van der Waals surface area contributed by atoms with Gasteiger partial charge in [-0.1, -0.05) is 12.1 Å². The molecule has 0 spiro atoms. The second kappa shape index (κ2) is 7.97. The fourth-order valence-corrected chi connectivity index (χ4v) is 2.83. The highest BCUT2D eigenvalue weighted by atomic mass is 16.5. The Hall–Kier alpha value is -2.93. The predicted molar refractivity (Wildman–Crippen MR) is 98.4 cm³/mol. The summed E-state index contributed by atoms with van der Waals surface area (Å²) in [5.74, 6) is -0.156. The van der Waals surface area contributed by atoms with Gasteiger partial charge < -0.3 is 20.7 Å². The molecule has 2 heterocycles. The van der Waals surface area contributed by atoms with Gasteiger partial charge in [0.15, 0.2) is 0 Å². The topological polar surface area (TPSA) is 97.5 Å². The lowest BCUT2D eigenvalue weighted by atomic mass is 10.1. The maximum atomic E-state index is 12.3. The zero-order chi connectivity index (χ0) is 18.5. The van der Waals surface area contributed by atoms with Crippen LogP contribution in [0.2, 0.25) is 0 Å². The molecule has 3 N–H and O–H groups in total. The first-order chi connectivity index (χ1) is 12.5. The second-order valence-corrected chi connectivity index (χ2v) is 6.22. The number of nitrogen functional groups attached to an aromatic ring is 1. The number of amides is 2. The van der Waals surface area contributed by atoms with Gasteiger partial charge >= 0.3 is 0 Å². The van der Waals surface area contributed by atoms with Crippen molar-refractivity contribution >= 4 is 17.5 Å². The summed E-state index contributed by atoms with van der Waals surface area (Å²) in [6.07, 6.45) is 1.46. The minimum absolute atomic E-state index is 0.0235. The summed E-state index contributed by atoms with van der Waals surface area (Å²) in [5.41, 5.74) is 8.62. The van der Waals surface area contributed by atoms with Gasteiger partial charge in [-0.25, -0.2) is 0 Å². The number of anilines is 1. The van der Waals surface area contributed by atoms with Crippen molar-refractivity contribution in [3.05, 3.63) is 48.2 Å². The van der Waals surface area contributed by atoms with E-state index in [2.05, 4.69) is 10.3 Å². The van der Waals surface area contributed by atoms with Crippen LogP contribution in [0.4, 0.5) is 5.69 Å². The van der Waals surface area contributed by atoms with Gasteiger partial charge in [-0.3, -0.25) is 14.6 Å². The molecule has 3 rings (SSSR count). The molecule has 0 bridgehead atoms. The van der Waals surface area contributed by atoms with Crippen LogP contribution in [0, 0.1) is 0 Å². The molecule has 2 amide bonds. The molecule has 7 nitrogen and oxygen atoms in total. The first kappa shape index (κ1) is 17.9. The maximum absolute atomic E-state index is 12.3. The molecule has 1 aliphatic rings. The van der Waals surface area contributed by atoms with E-state index < -0.39 is 0 Å². The summed E-state index contributed by atoms with van der Waals surface area (Å²) >= 11 is 0. The standard InChI is InChI=1S/C19H22N4O3/c1-13(24)23-8-9-26-17(12-23)11-22-19(25)15-4-2-14(3-5-15)18-10-16(20)6-7-21-18/h2-7,10,17H,8-9,11-12H2,1H3,(H2,20,21)(H,22,25). The maximum Gasteiger partial charge on any atom is 0.251 e. The monoisotopic (exact) mass is 354 g/mol. The Bertz CT molecular complexity index is 792. The summed E-state index contributed by atoms with van der Waals surface area (Å²) in [6, 6.07) is 10.7. The van der Waals surface area contributed by atoms with Gasteiger partial charge in [-0.05, 0) is 24.3 Å². The number of nitrogens with zero attached hydrogens (tertiary/aromatic N) is 2. The van der Waals surface area contributed by atoms with Crippen molar-refractivity contribution in [3.63, 3.8) is 0 Å². The van der Waals surface area contributed by atoms with Gasteiger partial charge in [0, 0.05) is 49.6 Å². The van der Waals surface area contributed by atoms with Gasteiger partial charge in [-0.15, -0.1) is 0 Å². The van der Waals surface area contributed by atoms with Gasteiger partial charge in [0.1, 0.15) is 0 Å². The van der Waals surface area contributed by atoms with Crippen LogP contribution in [0.5, 0.6) is 0 Å². The molecule has 1 unspecified atom stereocenters. The largest absolute Gasteiger partial charge is 0.399 e. The van der Waals surface area contributed by atoms with E-state index >= 15 is 0 Å². The fourth-order valence-electron chi connectivity index (χ4n) is 2.83. The number of nitrogens with one attached hydrogen (secondary N) is 1. The second-order valence-electron chi connectivity index (χ2n) is 6.22. The number of pyridine rings is 1. The number of carbonyl (C=O) groups excluding carboxylic acids is 2. The number of hydrogen-bond acceptors (Lipinski definition) is 5. The highest BCUT2D eigenvalue weighted by Crippen LogP contribution is 2.19. The summed E-state index contributed by atoms with van der Waals surface area (Å²) in [4.78, 5) is 29.8. The highest BCUT2D eigenvalue weighted by molar-refractivity contribution is 5.94. The Kier molecular flexibility index (Phi) is 5.48. The molecule has 2 aromatic rings. The van der Waals surface area contributed by atoms with Crippen LogP contribution in [0.25, 0.3) is 11.3 Å². The van der Waals surface area contributed by atoms with E-state index in [9.17, 15) is 9.59 Å². The van der Waals surface area contributed by atoms with Crippen LogP contribution in [-0.4, -0.2) is 54.0 Å². The van der Waals surface area contributed by atoms with E-state index in [0.29, 0.717) is 37.5 Å². The lowest BCUT2D eigenvalue weighted by Crippen LogP contribution is -2.49. The molecular weight excluding hydrogens is 332 g/mol. The normalized spacial score (nSPS) is 17.0. The average Bonchev–Trinajstić information content (AvgIpc) is 2.66. The van der Waals surface area contributed by atoms with E-state index in [1.165, 1.54) is 6.92 Å². The molecule has 1 aliphatic heterocycles. The molecule has 1 aromatic carbocycles. The van der Waals surface area contributed by atoms with Crippen LogP contribution in [0.15, 0.2) is 42.6 Å². The number of nitrogens with two attached hydrogens (primary N) is 1. The van der Waals surface area contributed by atoms with Crippen molar-refractivity contribution in [2.24, 2.45) is 0 Å². The number of hydrogen-bond donors (Lipinski definition) is 2. The summed E-state index contributed by atoms with van der Waals surface area (Å²) in [6.45, 7) is 3.48. The lowest BCUT2D eigenvalue weighted by Gasteiger charge is -2.32. The van der Waals surface area contributed by atoms with Crippen LogP contribution in [0.3, 0.4) is 0 Å². The van der Waals surface area contributed by atoms with Crippen molar-refractivity contribution in [1.29, 1.82) is 0 Å². The SMILES string of the molecule is CC(=O)N1CCOC(CNC(=O)c2ccc(-c3cc(N)ccn3)cc2)C1. The third-order valence-electron chi connectivity index (χ3n) is 4.30. The van der Waals surface area contributed by atoms with Crippen molar-refractivity contribution < 1.29 is 14.3 Å². The Labute approximate surface area is 152 Å². The first-order valence-electron chi connectivity index (χ1n) is 8.50. The van der Waals surface area contributed by atoms with E-state index in [4.69, 9.17) is 10.5 Å². The van der Waals surface area contributed by atoms with E-state index in [1.54, 1.807) is 35.4 Å². The summed E-state index contributed by atoms with van der Waals surface area (Å²) in [7, 11) is 0. The average molecular weight is 354 g/mol. The molecule has 1 atom stereocenters. The highest BCUT2D eigenvalue weighted by Gasteiger charge is 2.22. The Morgan fingerprint density at radius 2 is 2.08 bits per heavy atom. The Balaban J connectivity index is 1.57. The third-order valence-corrected chi connectivity index (χ3v) is 4.30.